The fourth-order valence-corrected chi connectivity index (χ4v) is 0.854. The Labute approximate surface area is 72.8 Å². The topological polar surface area (TPSA) is 53.0 Å². The van der Waals surface area contributed by atoms with Crippen LogP contribution >= 0.6 is 11.6 Å². The molecule has 64 valence electrons. The Morgan fingerprint density at radius 3 is 2.92 bits per heavy atom. The third-order valence-electron chi connectivity index (χ3n) is 1.20. The number of halogens is 2. The fourth-order valence-electron chi connectivity index (χ4n) is 0.710. The minimum atomic E-state index is -1.37. The second-order valence-corrected chi connectivity index (χ2v) is 2.57. The van der Waals surface area contributed by atoms with Crippen LogP contribution in [0.25, 0.3) is 0 Å². The van der Waals surface area contributed by atoms with E-state index in [1.807, 2.05) is 0 Å². The Hall–Kier alpha value is -1.16. The Kier molecular flexibility index (Phi) is 2.60. The van der Waals surface area contributed by atoms with E-state index in [2.05, 4.69) is 4.98 Å². The zero-order valence-corrected chi connectivity index (χ0v) is 6.64. The van der Waals surface area contributed by atoms with Crippen molar-refractivity contribution in [3.8, 4) is 0 Å². The lowest BCUT2D eigenvalue weighted by Crippen LogP contribution is -2.25. The van der Waals surface area contributed by atoms with Crippen molar-refractivity contribution >= 4 is 17.6 Å². The summed E-state index contributed by atoms with van der Waals surface area (Å²) < 4.78 is 12.8. The van der Waals surface area contributed by atoms with Crippen LogP contribution in [0, 0.1) is 5.82 Å². The number of carboxylic acids is 1. The normalized spacial score (nSPS) is 9.83. The molecule has 0 saturated carbocycles. The SMILES string of the molecule is O=C([O-])Cc1ncc(Cl)cc1F. The molecule has 0 atom stereocenters. The van der Waals surface area contributed by atoms with E-state index in [0.717, 1.165) is 6.07 Å². The number of aliphatic carboxylic acids is 1. The number of aromatic nitrogens is 1. The zero-order valence-electron chi connectivity index (χ0n) is 5.88. The molecule has 0 unspecified atom stereocenters. The molecule has 0 bridgehead atoms. The van der Waals surface area contributed by atoms with E-state index in [9.17, 15) is 14.3 Å². The van der Waals surface area contributed by atoms with Crippen LogP contribution in [0.1, 0.15) is 5.69 Å². The molecule has 1 aromatic heterocycles. The number of rotatable bonds is 2. The summed E-state index contributed by atoms with van der Waals surface area (Å²) in [4.78, 5) is 13.5. The van der Waals surface area contributed by atoms with Gasteiger partial charge < -0.3 is 9.90 Å². The summed E-state index contributed by atoms with van der Waals surface area (Å²) in [6.45, 7) is 0. The third kappa shape index (κ3) is 2.17. The first-order valence-electron chi connectivity index (χ1n) is 3.09. The highest BCUT2D eigenvalue weighted by atomic mass is 35.5. The maximum atomic E-state index is 12.8. The highest BCUT2D eigenvalue weighted by molar-refractivity contribution is 6.30. The van der Waals surface area contributed by atoms with Gasteiger partial charge in [0, 0.05) is 18.6 Å². The van der Waals surface area contributed by atoms with Crippen molar-refractivity contribution in [3.63, 3.8) is 0 Å². The smallest absolute Gasteiger partial charge is 0.146 e. The van der Waals surface area contributed by atoms with Gasteiger partial charge >= 0.3 is 0 Å². The summed E-state index contributed by atoms with van der Waals surface area (Å²) in [5.41, 5.74) is -0.167. The molecule has 0 fully saturated rings. The quantitative estimate of drug-likeness (QED) is 0.665. The van der Waals surface area contributed by atoms with E-state index in [0.29, 0.717) is 0 Å². The molecule has 12 heavy (non-hydrogen) atoms. The van der Waals surface area contributed by atoms with Crippen molar-refractivity contribution in [1.29, 1.82) is 0 Å². The molecule has 0 amide bonds. The van der Waals surface area contributed by atoms with Gasteiger partial charge in [0.25, 0.3) is 0 Å². The van der Waals surface area contributed by atoms with Gasteiger partial charge in [-0.2, -0.15) is 0 Å². The van der Waals surface area contributed by atoms with Crippen LogP contribution in [0.5, 0.6) is 0 Å². The van der Waals surface area contributed by atoms with Crippen LogP contribution in [-0.2, 0) is 11.2 Å². The molecule has 0 aliphatic carbocycles. The molecule has 1 rings (SSSR count). The van der Waals surface area contributed by atoms with Crippen LogP contribution < -0.4 is 5.11 Å². The van der Waals surface area contributed by atoms with Crippen molar-refractivity contribution in [1.82, 2.24) is 4.98 Å². The van der Waals surface area contributed by atoms with Crippen LogP contribution in [0.2, 0.25) is 5.02 Å². The lowest BCUT2D eigenvalue weighted by molar-refractivity contribution is -0.304. The maximum absolute atomic E-state index is 12.8. The number of carboxylic acid groups (broad SMARTS) is 1. The van der Waals surface area contributed by atoms with Crippen LogP contribution in [0.3, 0.4) is 0 Å². The first kappa shape index (κ1) is 8.93. The first-order chi connectivity index (χ1) is 5.59. The van der Waals surface area contributed by atoms with Crippen molar-refractivity contribution in [3.05, 3.63) is 28.8 Å². The van der Waals surface area contributed by atoms with Gasteiger partial charge in [0.15, 0.2) is 0 Å². The maximum Gasteiger partial charge on any atom is 0.146 e. The van der Waals surface area contributed by atoms with Crippen LogP contribution in [0.15, 0.2) is 12.3 Å². The van der Waals surface area contributed by atoms with Gasteiger partial charge in [-0.25, -0.2) is 4.39 Å². The molecular weight excluding hydrogens is 185 g/mol. The number of hydrogen-bond acceptors (Lipinski definition) is 3. The fraction of sp³-hybridized carbons (Fsp3) is 0.143. The van der Waals surface area contributed by atoms with Gasteiger partial charge in [0.1, 0.15) is 5.82 Å². The Morgan fingerprint density at radius 1 is 1.75 bits per heavy atom. The predicted molar refractivity (Wildman–Crippen MR) is 37.9 cm³/mol. The second-order valence-electron chi connectivity index (χ2n) is 2.13. The lowest BCUT2D eigenvalue weighted by atomic mass is 10.2. The third-order valence-corrected chi connectivity index (χ3v) is 1.40. The van der Waals surface area contributed by atoms with Crippen molar-refractivity contribution < 1.29 is 14.3 Å². The van der Waals surface area contributed by atoms with E-state index in [4.69, 9.17) is 11.6 Å². The Balaban J connectivity index is 2.93. The minimum Gasteiger partial charge on any atom is -0.550 e. The molecule has 1 aromatic rings. The average Bonchev–Trinajstić information content (AvgIpc) is 1.94. The van der Waals surface area contributed by atoms with Gasteiger partial charge in [0.2, 0.25) is 0 Å². The van der Waals surface area contributed by atoms with E-state index in [-0.39, 0.29) is 10.7 Å². The van der Waals surface area contributed by atoms with Gasteiger partial charge in [-0.1, -0.05) is 11.6 Å². The average molecular weight is 189 g/mol. The molecule has 0 saturated heterocycles. The van der Waals surface area contributed by atoms with E-state index < -0.39 is 18.2 Å². The van der Waals surface area contributed by atoms with Gasteiger partial charge in [-0.3, -0.25) is 4.98 Å². The largest absolute Gasteiger partial charge is 0.550 e. The van der Waals surface area contributed by atoms with Gasteiger partial charge in [-0.05, 0) is 6.07 Å². The Bertz CT molecular complexity index is 316. The number of hydrogen-bond donors (Lipinski definition) is 0. The highest BCUT2D eigenvalue weighted by Gasteiger charge is 2.03. The summed E-state index contributed by atoms with van der Waals surface area (Å²) >= 11 is 5.39. The molecule has 1 heterocycles. The van der Waals surface area contributed by atoms with Crippen molar-refractivity contribution in [2.24, 2.45) is 0 Å². The molecular formula is C7H4ClFNO2-. The summed E-state index contributed by atoms with van der Waals surface area (Å²) in [5.74, 6) is -2.10. The van der Waals surface area contributed by atoms with E-state index >= 15 is 0 Å². The molecule has 0 N–H and O–H groups in total. The molecule has 0 aliphatic heterocycles. The summed E-state index contributed by atoms with van der Waals surface area (Å²) in [7, 11) is 0. The molecule has 5 heteroatoms. The molecule has 0 aromatic carbocycles. The molecule has 0 spiro atoms. The monoisotopic (exact) mass is 188 g/mol. The van der Waals surface area contributed by atoms with E-state index in [1.165, 1.54) is 6.20 Å². The summed E-state index contributed by atoms with van der Waals surface area (Å²) in [5, 5.41) is 10.2. The van der Waals surface area contributed by atoms with Crippen molar-refractivity contribution in [2.45, 2.75) is 6.42 Å². The zero-order chi connectivity index (χ0) is 9.14. The second kappa shape index (κ2) is 3.49. The standard InChI is InChI=1S/C7H5ClFNO2/c8-4-1-5(9)6(10-3-4)2-7(11)12/h1,3H,2H2,(H,11,12)/p-1. The number of carbonyl (C=O) groups excluding carboxylic acids is 1. The number of carbonyl (C=O) groups is 1. The van der Waals surface area contributed by atoms with Crippen molar-refractivity contribution in [2.75, 3.05) is 0 Å². The molecule has 0 aliphatic rings. The number of nitrogens with zero attached hydrogens (tertiary/aromatic N) is 1. The molecule has 3 nitrogen and oxygen atoms in total. The predicted octanol–water partition coefficient (Wildman–Crippen LogP) is 0.166. The lowest BCUT2D eigenvalue weighted by Gasteiger charge is -2.02. The van der Waals surface area contributed by atoms with Crippen LogP contribution in [-0.4, -0.2) is 11.0 Å². The van der Waals surface area contributed by atoms with Crippen LogP contribution in [0.4, 0.5) is 4.39 Å². The van der Waals surface area contributed by atoms with Gasteiger partial charge in [-0.15, -0.1) is 0 Å². The summed E-state index contributed by atoms with van der Waals surface area (Å²) in [6.07, 6.45) is 0.645. The summed E-state index contributed by atoms with van der Waals surface area (Å²) in [6, 6.07) is 1.01. The van der Waals surface area contributed by atoms with E-state index in [1.54, 1.807) is 0 Å². The Morgan fingerprint density at radius 2 is 2.42 bits per heavy atom. The minimum absolute atomic E-state index is 0.134. The van der Waals surface area contributed by atoms with Gasteiger partial charge in [0.05, 0.1) is 10.7 Å². The number of pyridine rings is 1. The first-order valence-corrected chi connectivity index (χ1v) is 3.47. The highest BCUT2D eigenvalue weighted by Crippen LogP contribution is 2.11. The molecule has 0 radical (unpaired) electrons.